The third-order valence-corrected chi connectivity index (χ3v) is 4.51. The minimum Gasteiger partial charge on any atom is -0.478 e. The average molecular weight is 341 g/mol. The third kappa shape index (κ3) is 3.33. The van der Waals surface area contributed by atoms with Gasteiger partial charge in [-0.15, -0.1) is 0 Å². The van der Waals surface area contributed by atoms with Gasteiger partial charge < -0.3 is 14.9 Å². The highest BCUT2D eigenvalue weighted by Gasteiger charge is 2.24. The summed E-state index contributed by atoms with van der Waals surface area (Å²) in [6, 6.07) is 5.76. The maximum atomic E-state index is 11.0. The third-order valence-electron chi connectivity index (χ3n) is 3.88. The summed E-state index contributed by atoms with van der Waals surface area (Å²) in [6.45, 7) is 5.37. The first-order valence-electron chi connectivity index (χ1n) is 7.01. The summed E-state index contributed by atoms with van der Waals surface area (Å²) in [5, 5.41) is 9.05. The van der Waals surface area contributed by atoms with Crippen molar-refractivity contribution in [2.45, 2.75) is 25.8 Å². The molecule has 5 heteroatoms. The molecule has 1 aromatic rings. The van der Waals surface area contributed by atoms with Gasteiger partial charge >= 0.3 is 5.97 Å². The molecule has 1 aliphatic rings. The van der Waals surface area contributed by atoms with Crippen molar-refractivity contribution in [1.82, 2.24) is 4.90 Å². The summed E-state index contributed by atoms with van der Waals surface area (Å²) in [6.07, 6.45) is 2.21. The number of hydrogen-bond acceptors (Lipinski definition) is 3. The largest absolute Gasteiger partial charge is 0.478 e. The quantitative estimate of drug-likeness (QED) is 0.918. The van der Waals surface area contributed by atoms with Crippen molar-refractivity contribution < 1.29 is 9.90 Å². The SMILES string of the molecule is CCC1CN(C)CCCN1c1ccc(C(=O)O)cc1Br. The number of halogens is 1. The van der Waals surface area contributed by atoms with E-state index in [0.717, 1.165) is 42.6 Å². The van der Waals surface area contributed by atoms with Gasteiger partial charge in [0.15, 0.2) is 0 Å². The van der Waals surface area contributed by atoms with Crippen LogP contribution in [0.3, 0.4) is 0 Å². The molecular formula is C15H21BrN2O2. The van der Waals surface area contributed by atoms with Crippen LogP contribution >= 0.6 is 15.9 Å². The zero-order valence-corrected chi connectivity index (χ0v) is 13.6. The summed E-state index contributed by atoms with van der Waals surface area (Å²) < 4.78 is 0.861. The van der Waals surface area contributed by atoms with Crippen LogP contribution in [0.1, 0.15) is 30.1 Å². The van der Waals surface area contributed by atoms with Crippen LogP contribution in [-0.4, -0.2) is 48.7 Å². The van der Waals surface area contributed by atoms with Crippen LogP contribution in [0, 0.1) is 0 Å². The van der Waals surface area contributed by atoms with Crippen LogP contribution < -0.4 is 4.90 Å². The molecule has 1 N–H and O–H groups in total. The Kier molecular flexibility index (Phi) is 5.05. The predicted octanol–water partition coefficient (Wildman–Crippen LogP) is 3.07. The molecule has 2 rings (SSSR count). The van der Waals surface area contributed by atoms with Crippen LogP contribution in [0.5, 0.6) is 0 Å². The summed E-state index contributed by atoms with van der Waals surface area (Å²) >= 11 is 3.53. The lowest BCUT2D eigenvalue weighted by Gasteiger charge is -2.33. The van der Waals surface area contributed by atoms with Crippen molar-refractivity contribution in [1.29, 1.82) is 0 Å². The van der Waals surface area contributed by atoms with E-state index in [1.54, 1.807) is 12.1 Å². The fourth-order valence-corrected chi connectivity index (χ4v) is 3.39. The second-order valence-electron chi connectivity index (χ2n) is 5.34. The van der Waals surface area contributed by atoms with Crippen molar-refractivity contribution in [2.24, 2.45) is 0 Å². The van der Waals surface area contributed by atoms with E-state index in [1.807, 2.05) is 6.07 Å². The van der Waals surface area contributed by atoms with E-state index in [4.69, 9.17) is 5.11 Å². The van der Waals surface area contributed by atoms with E-state index in [1.165, 1.54) is 0 Å². The lowest BCUT2D eigenvalue weighted by molar-refractivity contribution is 0.0697. The summed E-state index contributed by atoms with van der Waals surface area (Å²) in [4.78, 5) is 15.8. The number of carboxylic acid groups (broad SMARTS) is 1. The zero-order chi connectivity index (χ0) is 14.7. The number of aromatic carboxylic acids is 1. The number of carboxylic acids is 1. The Morgan fingerprint density at radius 2 is 2.20 bits per heavy atom. The second-order valence-corrected chi connectivity index (χ2v) is 6.20. The lowest BCUT2D eigenvalue weighted by Crippen LogP contribution is -2.40. The van der Waals surface area contributed by atoms with E-state index in [-0.39, 0.29) is 0 Å². The van der Waals surface area contributed by atoms with Crippen molar-refractivity contribution in [3.8, 4) is 0 Å². The maximum absolute atomic E-state index is 11.0. The van der Waals surface area contributed by atoms with E-state index in [9.17, 15) is 4.79 Å². The molecular weight excluding hydrogens is 320 g/mol. The summed E-state index contributed by atoms with van der Waals surface area (Å²) in [5.74, 6) is -0.889. The number of hydrogen-bond donors (Lipinski definition) is 1. The topological polar surface area (TPSA) is 43.8 Å². The fraction of sp³-hybridized carbons (Fsp3) is 0.533. The van der Waals surface area contributed by atoms with Gasteiger partial charge in [0, 0.05) is 23.6 Å². The predicted molar refractivity (Wildman–Crippen MR) is 84.6 cm³/mol. The summed E-state index contributed by atoms with van der Waals surface area (Å²) in [7, 11) is 2.16. The highest BCUT2D eigenvalue weighted by Crippen LogP contribution is 2.30. The molecule has 0 radical (unpaired) electrons. The van der Waals surface area contributed by atoms with Crippen molar-refractivity contribution in [2.75, 3.05) is 31.6 Å². The van der Waals surface area contributed by atoms with E-state index in [0.29, 0.717) is 11.6 Å². The van der Waals surface area contributed by atoms with Gasteiger partial charge in [-0.05, 0) is 60.6 Å². The Labute approximate surface area is 128 Å². The molecule has 110 valence electrons. The van der Waals surface area contributed by atoms with Crippen molar-refractivity contribution in [3.63, 3.8) is 0 Å². The molecule has 0 spiro atoms. The molecule has 1 heterocycles. The smallest absolute Gasteiger partial charge is 0.335 e. The molecule has 1 aromatic carbocycles. The molecule has 0 amide bonds. The number of likely N-dealkylation sites (N-methyl/N-ethyl adjacent to an activating group) is 1. The van der Waals surface area contributed by atoms with Crippen LogP contribution in [0.15, 0.2) is 22.7 Å². The fourth-order valence-electron chi connectivity index (χ4n) is 2.78. The number of nitrogens with zero attached hydrogens (tertiary/aromatic N) is 2. The van der Waals surface area contributed by atoms with Crippen LogP contribution in [-0.2, 0) is 0 Å². The van der Waals surface area contributed by atoms with Crippen molar-refractivity contribution in [3.05, 3.63) is 28.2 Å². The van der Waals surface area contributed by atoms with Gasteiger partial charge in [0.05, 0.1) is 11.3 Å². The highest BCUT2D eigenvalue weighted by molar-refractivity contribution is 9.10. The molecule has 1 saturated heterocycles. The Balaban J connectivity index is 2.30. The Hall–Kier alpha value is -1.07. The molecule has 1 atom stereocenters. The first kappa shape index (κ1) is 15.3. The molecule has 0 saturated carbocycles. The Bertz CT molecular complexity index is 493. The van der Waals surface area contributed by atoms with E-state index < -0.39 is 5.97 Å². The number of benzene rings is 1. The minimum atomic E-state index is -0.889. The van der Waals surface area contributed by atoms with Crippen LogP contribution in [0.2, 0.25) is 0 Å². The zero-order valence-electron chi connectivity index (χ0n) is 12.0. The number of anilines is 1. The van der Waals surface area contributed by atoms with E-state index in [2.05, 4.69) is 39.7 Å². The van der Waals surface area contributed by atoms with Crippen LogP contribution in [0.25, 0.3) is 0 Å². The molecule has 0 aromatic heterocycles. The van der Waals surface area contributed by atoms with Crippen LogP contribution in [0.4, 0.5) is 5.69 Å². The first-order chi connectivity index (χ1) is 9.52. The van der Waals surface area contributed by atoms with Gasteiger partial charge in [-0.1, -0.05) is 6.92 Å². The second kappa shape index (κ2) is 6.59. The average Bonchev–Trinajstić information content (AvgIpc) is 2.60. The molecule has 1 aliphatic heterocycles. The Morgan fingerprint density at radius 1 is 1.45 bits per heavy atom. The molecule has 0 aliphatic carbocycles. The molecule has 4 nitrogen and oxygen atoms in total. The standard InChI is InChI=1S/C15H21BrN2O2/c1-3-12-10-17(2)7-4-8-18(12)14-6-5-11(15(19)20)9-13(14)16/h5-6,9,12H,3-4,7-8,10H2,1-2H3,(H,19,20). The van der Waals surface area contributed by atoms with Gasteiger partial charge in [0.1, 0.15) is 0 Å². The monoisotopic (exact) mass is 340 g/mol. The van der Waals surface area contributed by atoms with Gasteiger partial charge in [-0.3, -0.25) is 0 Å². The van der Waals surface area contributed by atoms with Crippen molar-refractivity contribution >= 4 is 27.6 Å². The molecule has 1 unspecified atom stereocenters. The number of rotatable bonds is 3. The highest BCUT2D eigenvalue weighted by atomic mass is 79.9. The van der Waals surface area contributed by atoms with Gasteiger partial charge in [-0.25, -0.2) is 4.79 Å². The minimum absolute atomic E-state index is 0.320. The van der Waals surface area contributed by atoms with Gasteiger partial charge in [-0.2, -0.15) is 0 Å². The summed E-state index contributed by atoms with van der Waals surface area (Å²) in [5.41, 5.74) is 1.41. The number of carbonyl (C=O) groups is 1. The lowest BCUT2D eigenvalue weighted by atomic mass is 10.1. The molecule has 0 bridgehead atoms. The maximum Gasteiger partial charge on any atom is 0.335 e. The van der Waals surface area contributed by atoms with Gasteiger partial charge in [0.25, 0.3) is 0 Å². The Morgan fingerprint density at radius 3 is 2.80 bits per heavy atom. The normalized spacial score (nSPS) is 20.8. The van der Waals surface area contributed by atoms with E-state index >= 15 is 0 Å². The molecule has 1 fully saturated rings. The van der Waals surface area contributed by atoms with Gasteiger partial charge in [0.2, 0.25) is 0 Å². The molecule has 20 heavy (non-hydrogen) atoms. The first-order valence-corrected chi connectivity index (χ1v) is 7.80.